The van der Waals surface area contributed by atoms with Crippen molar-refractivity contribution in [2.45, 2.75) is 39.1 Å². The van der Waals surface area contributed by atoms with E-state index in [2.05, 4.69) is 32.9 Å². The standard InChI is InChI=1S/C15H19BrF3NO/c1-10-3-2-4-12(10)9-20-8-11-5-6-14(13(16)7-11)21-15(17,18)19/h5-7,10,12,20H,2-4,8-9H2,1H3. The fourth-order valence-corrected chi connectivity index (χ4v) is 3.30. The average Bonchev–Trinajstić information content (AvgIpc) is 2.77. The van der Waals surface area contributed by atoms with E-state index in [0.717, 1.165) is 18.0 Å². The van der Waals surface area contributed by atoms with Crippen LogP contribution in [0.2, 0.25) is 0 Å². The van der Waals surface area contributed by atoms with Gasteiger partial charge < -0.3 is 10.1 Å². The summed E-state index contributed by atoms with van der Waals surface area (Å²) in [4.78, 5) is 0. The summed E-state index contributed by atoms with van der Waals surface area (Å²) in [5, 5.41) is 3.39. The fourth-order valence-electron chi connectivity index (χ4n) is 2.79. The number of ether oxygens (including phenoxy) is 1. The molecule has 21 heavy (non-hydrogen) atoms. The second-order valence-corrected chi connectivity index (χ2v) is 6.47. The summed E-state index contributed by atoms with van der Waals surface area (Å²) in [6, 6.07) is 4.65. The molecule has 0 saturated heterocycles. The van der Waals surface area contributed by atoms with Crippen molar-refractivity contribution in [3.8, 4) is 5.75 Å². The molecule has 2 atom stereocenters. The summed E-state index contributed by atoms with van der Waals surface area (Å²) in [6.07, 6.45) is -0.818. The Morgan fingerprint density at radius 3 is 2.67 bits per heavy atom. The molecule has 0 bridgehead atoms. The van der Waals surface area contributed by atoms with Gasteiger partial charge in [-0.25, -0.2) is 0 Å². The van der Waals surface area contributed by atoms with Gasteiger partial charge in [-0.1, -0.05) is 25.8 Å². The van der Waals surface area contributed by atoms with Crippen molar-refractivity contribution in [2.75, 3.05) is 6.54 Å². The zero-order chi connectivity index (χ0) is 15.5. The van der Waals surface area contributed by atoms with Gasteiger partial charge in [0.15, 0.2) is 0 Å². The molecule has 1 N–H and O–H groups in total. The summed E-state index contributed by atoms with van der Waals surface area (Å²) < 4.78 is 40.8. The van der Waals surface area contributed by atoms with Gasteiger partial charge >= 0.3 is 6.36 Å². The Bertz CT molecular complexity index is 478. The quantitative estimate of drug-likeness (QED) is 0.803. The normalized spacial score (nSPS) is 22.5. The molecule has 0 aliphatic heterocycles. The van der Waals surface area contributed by atoms with Crippen molar-refractivity contribution in [3.63, 3.8) is 0 Å². The summed E-state index contributed by atoms with van der Waals surface area (Å²) in [5.74, 6) is 1.25. The lowest BCUT2D eigenvalue weighted by Crippen LogP contribution is -2.24. The molecule has 1 aliphatic rings. The maximum absolute atomic E-state index is 12.2. The largest absolute Gasteiger partial charge is 0.573 e. The van der Waals surface area contributed by atoms with Crippen molar-refractivity contribution in [2.24, 2.45) is 11.8 Å². The van der Waals surface area contributed by atoms with E-state index >= 15 is 0 Å². The third kappa shape index (κ3) is 5.18. The van der Waals surface area contributed by atoms with Gasteiger partial charge in [0, 0.05) is 6.54 Å². The Kier molecular flexibility index (Phi) is 5.54. The summed E-state index contributed by atoms with van der Waals surface area (Å²) in [7, 11) is 0. The van der Waals surface area contributed by atoms with Crippen LogP contribution in [0.25, 0.3) is 0 Å². The molecule has 0 heterocycles. The molecule has 0 amide bonds. The molecule has 2 nitrogen and oxygen atoms in total. The molecule has 1 aromatic carbocycles. The maximum atomic E-state index is 12.2. The van der Waals surface area contributed by atoms with Gasteiger partial charge in [-0.2, -0.15) is 0 Å². The van der Waals surface area contributed by atoms with Crippen LogP contribution in [0, 0.1) is 11.8 Å². The zero-order valence-electron chi connectivity index (χ0n) is 11.8. The fraction of sp³-hybridized carbons (Fsp3) is 0.600. The van der Waals surface area contributed by atoms with E-state index in [1.807, 2.05) is 0 Å². The van der Waals surface area contributed by atoms with E-state index in [0.29, 0.717) is 16.9 Å². The zero-order valence-corrected chi connectivity index (χ0v) is 13.4. The molecule has 2 rings (SSSR count). The number of halogens is 4. The first-order valence-electron chi connectivity index (χ1n) is 7.10. The molecular weight excluding hydrogens is 347 g/mol. The molecule has 0 aromatic heterocycles. The second-order valence-electron chi connectivity index (χ2n) is 5.61. The molecule has 0 radical (unpaired) electrons. The number of rotatable bonds is 5. The number of alkyl halides is 3. The first-order chi connectivity index (χ1) is 9.85. The van der Waals surface area contributed by atoms with Crippen LogP contribution in [0.3, 0.4) is 0 Å². The third-order valence-electron chi connectivity index (χ3n) is 4.00. The number of benzene rings is 1. The van der Waals surface area contributed by atoms with Crippen LogP contribution in [0.5, 0.6) is 5.75 Å². The van der Waals surface area contributed by atoms with Gasteiger partial charge in [0.05, 0.1) is 4.47 Å². The predicted molar refractivity (Wildman–Crippen MR) is 79.0 cm³/mol. The smallest absolute Gasteiger partial charge is 0.405 e. The molecule has 6 heteroatoms. The number of hydrogen-bond acceptors (Lipinski definition) is 2. The molecule has 1 aliphatic carbocycles. The highest BCUT2D eigenvalue weighted by Gasteiger charge is 2.31. The molecule has 1 fully saturated rings. The first-order valence-corrected chi connectivity index (χ1v) is 7.89. The third-order valence-corrected chi connectivity index (χ3v) is 4.62. The Morgan fingerprint density at radius 2 is 2.10 bits per heavy atom. The van der Waals surface area contributed by atoms with Crippen LogP contribution >= 0.6 is 15.9 Å². The van der Waals surface area contributed by atoms with Crippen molar-refractivity contribution < 1.29 is 17.9 Å². The minimum absolute atomic E-state index is 0.212. The van der Waals surface area contributed by atoms with Crippen LogP contribution in [-0.4, -0.2) is 12.9 Å². The Hall–Kier alpha value is -0.750. The lowest BCUT2D eigenvalue weighted by molar-refractivity contribution is -0.274. The Labute approximate surface area is 131 Å². The van der Waals surface area contributed by atoms with Crippen molar-refractivity contribution in [3.05, 3.63) is 28.2 Å². The molecular formula is C15H19BrF3NO. The van der Waals surface area contributed by atoms with Crippen LogP contribution in [-0.2, 0) is 6.54 Å². The highest BCUT2D eigenvalue weighted by molar-refractivity contribution is 9.10. The van der Waals surface area contributed by atoms with Gasteiger partial charge in [0.2, 0.25) is 0 Å². The second kappa shape index (κ2) is 7.01. The first kappa shape index (κ1) is 16.6. The SMILES string of the molecule is CC1CCCC1CNCc1ccc(OC(F)(F)F)c(Br)c1. The lowest BCUT2D eigenvalue weighted by Gasteiger charge is -2.16. The van der Waals surface area contributed by atoms with E-state index in [1.54, 1.807) is 12.1 Å². The van der Waals surface area contributed by atoms with Gasteiger partial charge in [0.25, 0.3) is 0 Å². The minimum Gasteiger partial charge on any atom is -0.405 e. The van der Waals surface area contributed by atoms with Crippen LogP contribution in [0.1, 0.15) is 31.7 Å². The average molecular weight is 366 g/mol. The molecule has 2 unspecified atom stereocenters. The van der Waals surface area contributed by atoms with E-state index in [9.17, 15) is 13.2 Å². The van der Waals surface area contributed by atoms with Gasteiger partial charge in [-0.05, 0) is 58.4 Å². The summed E-state index contributed by atoms with van der Waals surface area (Å²) in [5.41, 5.74) is 0.932. The van der Waals surface area contributed by atoms with Gasteiger partial charge in [-0.3, -0.25) is 0 Å². The monoisotopic (exact) mass is 365 g/mol. The molecule has 118 valence electrons. The Morgan fingerprint density at radius 1 is 1.33 bits per heavy atom. The summed E-state index contributed by atoms with van der Waals surface area (Å²) >= 11 is 3.11. The maximum Gasteiger partial charge on any atom is 0.573 e. The topological polar surface area (TPSA) is 21.3 Å². The molecule has 1 aromatic rings. The van der Waals surface area contributed by atoms with E-state index in [-0.39, 0.29) is 5.75 Å². The highest BCUT2D eigenvalue weighted by atomic mass is 79.9. The van der Waals surface area contributed by atoms with Crippen LogP contribution in [0.4, 0.5) is 13.2 Å². The Balaban J connectivity index is 1.85. The highest BCUT2D eigenvalue weighted by Crippen LogP contribution is 2.32. The number of nitrogens with one attached hydrogen (secondary N) is 1. The van der Waals surface area contributed by atoms with Crippen molar-refractivity contribution in [1.82, 2.24) is 5.32 Å². The number of hydrogen-bond donors (Lipinski definition) is 1. The molecule has 0 spiro atoms. The van der Waals surface area contributed by atoms with E-state index < -0.39 is 6.36 Å². The summed E-state index contributed by atoms with van der Waals surface area (Å²) in [6.45, 7) is 3.88. The predicted octanol–water partition coefficient (Wildman–Crippen LogP) is 4.87. The lowest BCUT2D eigenvalue weighted by atomic mass is 9.98. The molecule has 1 saturated carbocycles. The van der Waals surface area contributed by atoms with Crippen LogP contribution < -0.4 is 10.1 Å². The minimum atomic E-state index is -4.67. The van der Waals surface area contributed by atoms with Crippen molar-refractivity contribution >= 4 is 15.9 Å². The van der Waals surface area contributed by atoms with E-state index in [4.69, 9.17) is 0 Å². The van der Waals surface area contributed by atoms with Gasteiger partial charge in [-0.15, -0.1) is 13.2 Å². The van der Waals surface area contributed by atoms with Crippen molar-refractivity contribution in [1.29, 1.82) is 0 Å². The van der Waals surface area contributed by atoms with E-state index in [1.165, 1.54) is 25.3 Å². The van der Waals surface area contributed by atoms with Gasteiger partial charge in [0.1, 0.15) is 5.75 Å². The van der Waals surface area contributed by atoms with Crippen LogP contribution in [0.15, 0.2) is 22.7 Å².